The van der Waals surface area contributed by atoms with Gasteiger partial charge in [-0.3, -0.25) is 0 Å². The zero-order valence-electron chi connectivity index (χ0n) is 7.10. The van der Waals surface area contributed by atoms with Crippen molar-refractivity contribution in [2.75, 3.05) is 12.4 Å². The second kappa shape index (κ2) is 3.09. The normalized spacial score (nSPS) is 15.8. The third-order valence-electron chi connectivity index (χ3n) is 2.29. The van der Waals surface area contributed by atoms with Crippen molar-refractivity contribution in [1.82, 2.24) is 9.55 Å². The molecule has 0 aromatic carbocycles. The molecule has 3 nitrogen and oxygen atoms in total. The molecule has 0 radical (unpaired) electrons. The number of anilines is 1. The number of nitrogens with zero attached hydrogens (tertiary/aromatic N) is 2. The highest BCUT2D eigenvalue weighted by atomic mass is 79.9. The van der Waals surface area contributed by atoms with E-state index in [9.17, 15) is 0 Å². The first kappa shape index (κ1) is 8.10. The number of hydrogen-bond donors (Lipinski definition) is 1. The van der Waals surface area contributed by atoms with Crippen molar-refractivity contribution in [3.05, 3.63) is 10.3 Å². The van der Waals surface area contributed by atoms with Crippen molar-refractivity contribution in [2.24, 2.45) is 0 Å². The summed E-state index contributed by atoms with van der Waals surface area (Å²) in [7, 11) is 1.91. The van der Waals surface area contributed by atoms with Gasteiger partial charge in [0, 0.05) is 13.6 Å². The Hall–Kier alpha value is -0.510. The highest BCUT2D eigenvalue weighted by Gasteiger charge is 2.16. The third-order valence-corrected chi connectivity index (χ3v) is 2.93. The molecule has 4 heteroatoms. The van der Waals surface area contributed by atoms with E-state index in [1.165, 1.54) is 18.5 Å². The lowest BCUT2D eigenvalue weighted by Gasteiger charge is -2.15. The molecule has 0 unspecified atom stereocenters. The van der Waals surface area contributed by atoms with Crippen LogP contribution in [0.2, 0.25) is 0 Å². The predicted octanol–water partition coefficient (Wildman–Crippen LogP) is 2.02. The zero-order chi connectivity index (χ0) is 8.55. The zero-order valence-corrected chi connectivity index (χ0v) is 8.69. The molecular weight excluding hydrogens is 218 g/mol. The molecule has 66 valence electrons. The van der Waals surface area contributed by atoms with Crippen LogP contribution in [0.3, 0.4) is 0 Å². The summed E-state index contributed by atoms with van der Waals surface area (Å²) in [5.74, 6) is 0.983. The molecule has 12 heavy (non-hydrogen) atoms. The number of imidazole rings is 1. The summed E-state index contributed by atoms with van der Waals surface area (Å²) in [5.41, 5.74) is 1.34. The van der Waals surface area contributed by atoms with Crippen molar-refractivity contribution in [3.8, 4) is 0 Å². The number of hydrogen-bond acceptors (Lipinski definition) is 2. The van der Waals surface area contributed by atoms with Crippen LogP contribution in [-0.2, 0) is 13.0 Å². The van der Waals surface area contributed by atoms with Crippen LogP contribution in [0.4, 0.5) is 5.95 Å². The smallest absolute Gasteiger partial charge is 0.203 e. The van der Waals surface area contributed by atoms with Crippen molar-refractivity contribution < 1.29 is 0 Å². The molecule has 0 atom stereocenters. The van der Waals surface area contributed by atoms with Gasteiger partial charge in [-0.2, -0.15) is 0 Å². The van der Waals surface area contributed by atoms with Gasteiger partial charge in [-0.15, -0.1) is 0 Å². The average Bonchev–Trinajstić information content (AvgIpc) is 2.44. The van der Waals surface area contributed by atoms with E-state index in [1.807, 2.05) is 7.05 Å². The molecule has 0 spiro atoms. The van der Waals surface area contributed by atoms with Gasteiger partial charge >= 0.3 is 0 Å². The van der Waals surface area contributed by atoms with E-state index in [4.69, 9.17) is 0 Å². The van der Waals surface area contributed by atoms with Crippen LogP contribution >= 0.6 is 15.9 Å². The Bertz CT molecular complexity index is 293. The van der Waals surface area contributed by atoms with Gasteiger partial charge in [0.2, 0.25) is 5.95 Å². The molecule has 0 fully saturated rings. The molecule has 1 aliphatic heterocycles. The highest BCUT2D eigenvalue weighted by Crippen LogP contribution is 2.26. The molecule has 0 saturated carbocycles. The number of halogens is 1. The van der Waals surface area contributed by atoms with E-state index in [-0.39, 0.29) is 0 Å². The van der Waals surface area contributed by atoms with Gasteiger partial charge in [0.05, 0.1) is 5.69 Å². The Labute approximate surface area is 80.3 Å². The summed E-state index contributed by atoms with van der Waals surface area (Å²) >= 11 is 3.47. The van der Waals surface area contributed by atoms with Crippen molar-refractivity contribution >= 4 is 21.9 Å². The average molecular weight is 230 g/mol. The van der Waals surface area contributed by atoms with E-state index >= 15 is 0 Å². The Kier molecular flexibility index (Phi) is 2.09. The van der Waals surface area contributed by atoms with E-state index < -0.39 is 0 Å². The van der Waals surface area contributed by atoms with E-state index in [0.29, 0.717) is 0 Å². The molecule has 0 aliphatic carbocycles. The van der Waals surface area contributed by atoms with Gasteiger partial charge in [0.25, 0.3) is 0 Å². The second-order valence-corrected chi connectivity index (χ2v) is 3.78. The summed E-state index contributed by atoms with van der Waals surface area (Å²) in [4.78, 5) is 4.38. The predicted molar refractivity (Wildman–Crippen MR) is 52.4 cm³/mol. The largest absolute Gasteiger partial charge is 0.359 e. The maximum Gasteiger partial charge on any atom is 0.203 e. The van der Waals surface area contributed by atoms with Crippen LogP contribution in [0.25, 0.3) is 0 Å². The molecule has 1 aromatic heterocycles. The van der Waals surface area contributed by atoms with Crippen molar-refractivity contribution in [1.29, 1.82) is 0 Å². The number of rotatable bonds is 1. The fourth-order valence-corrected chi connectivity index (χ4v) is 2.27. The van der Waals surface area contributed by atoms with E-state index in [1.54, 1.807) is 0 Å². The summed E-state index contributed by atoms with van der Waals surface area (Å²) < 4.78 is 3.26. The van der Waals surface area contributed by atoms with Crippen LogP contribution in [0, 0.1) is 0 Å². The van der Waals surface area contributed by atoms with Gasteiger partial charge in [0.1, 0.15) is 4.60 Å². The van der Waals surface area contributed by atoms with Crippen molar-refractivity contribution in [2.45, 2.75) is 25.8 Å². The van der Waals surface area contributed by atoms with Crippen LogP contribution in [-0.4, -0.2) is 16.6 Å². The molecule has 2 heterocycles. The maximum atomic E-state index is 4.38. The Morgan fingerprint density at radius 3 is 3.08 bits per heavy atom. The first-order valence-corrected chi connectivity index (χ1v) is 5.05. The van der Waals surface area contributed by atoms with Gasteiger partial charge in [-0.1, -0.05) is 0 Å². The Balaban J connectivity index is 2.47. The first-order valence-electron chi connectivity index (χ1n) is 4.25. The second-order valence-electron chi connectivity index (χ2n) is 3.03. The van der Waals surface area contributed by atoms with Crippen LogP contribution in [0.5, 0.6) is 0 Å². The fourth-order valence-electron chi connectivity index (χ4n) is 1.69. The first-order chi connectivity index (χ1) is 5.83. The molecule has 0 bridgehead atoms. The topological polar surface area (TPSA) is 29.9 Å². The summed E-state index contributed by atoms with van der Waals surface area (Å²) in [6.07, 6.45) is 3.70. The van der Waals surface area contributed by atoms with Crippen LogP contribution < -0.4 is 5.32 Å². The lowest BCUT2D eigenvalue weighted by atomic mass is 10.1. The Morgan fingerprint density at radius 2 is 2.33 bits per heavy atom. The molecule has 0 amide bonds. The van der Waals surface area contributed by atoms with Gasteiger partial charge in [0.15, 0.2) is 0 Å². The molecule has 1 aliphatic rings. The third kappa shape index (κ3) is 1.14. The van der Waals surface area contributed by atoms with Crippen molar-refractivity contribution in [3.63, 3.8) is 0 Å². The lowest BCUT2D eigenvalue weighted by Crippen LogP contribution is -2.12. The monoisotopic (exact) mass is 229 g/mol. The van der Waals surface area contributed by atoms with Gasteiger partial charge < -0.3 is 9.88 Å². The molecular formula is C8H12BrN3. The van der Waals surface area contributed by atoms with Crippen LogP contribution in [0.1, 0.15) is 18.5 Å². The molecule has 1 aromatic rings. The van der Waals surface area contributed by atoms with E-state index in [0.717, 1.165) is 23.5 Å². The quantitative estimate of drug-likeness (QED) is 0.799. The molecule has 0 saturated heterocycles. The molecule has 1 N–H and O–H groups in total. The number of fused-ring (bicyclic) bond motifs is 1. The lowest BCUT2D eigenvalue weighted by molar-refractivity contribution is 0.535. The number of aromatic nitrogens is 2. The summed E-state index contributed by atoms with van der Waals surface area (Å²) in [6.45, 7) is 1.10. The standard InChI is InChI=1S/C8H12BrN3/c1-10-8-11-7(9)6-4-2-3-5-12(6)8/h2-5H2,1H3,(H,10,11). The minimum atomic E-state index is 0.983. The summed E-state index contributed by atoms with van der Waals surface area (Å²) in [5, 5.41) is 3.10. The van der Waals surface area contributed by atoms with Gasteiger partial charge in [-0.05, 0) is 35.2 Å². The van der Waals surface area contributed by atoms with E-state index in [2.05, 4.69) is 30.8 Å². The fraction of sp³-hybridized carbons (Fsp3) is 0.625. The van der Waals surface area contributed by atoms with Crippen LogP contribution in [0.15, 0.2) is 4.60 Å². The Morgan fingerprint density at radius 1 is 1.50 bits per heavy atom. The highest BCUT2D eigenvalue weighted by molar-refractivity contribution is 9.10. The minimum Gasteiger partial charge on any atom is -0.359 e. The van der Waals surface area contributed by atoms with Gasteiger partial charge in [-0.25, -0.2) is 4.98 Å². The number of nitrogens with one attached hydrogen (secondary N) is 1. The maximum absolute atomic E-state index is 4.38. The SMILES string of the molecule is CNc1nc(Br)c2n1CCCC2. The molecule has 2 rings (SSSR count). The summed E-state index contributed by atoms with van der Waals surface area (Å²) in [6, 6.07) is 0. The minimum absolute atomic E-state index is 0.983.